The van der Waals surface area contributed by atoms with E-state index >= 15 is 0 Å². The lowest BCUT2D eigenvalue weighted by molar-refractivity contribution is -0.115. The molecular formula is C23H28N2O2S. The lowest BCUT2D eigenvalue weighted by atomic mass is 10.1. The SMILES string of the molecule is Cc1ccc(S[C@H](C)C(=O)Nc2ccccc2C(=O)N2CCCCCC2)cc1. The topological polar surface area (TPSA) is 49.4 Å². The van der Waals surface area contributed by atoms with Crippen LogP contribution in [0.4, 0.5) is 5.69 Å². The number of likely N-dealkylation sites (tertiary alicyclic amines) is 1. The normalized spacial score (nSPS) is 15.6. The highest BCUT2D eigenvalue weighted by Crippen LogP contribution is 2.26. The summed E-state index contributed by atoms with van der Waals surface area (Å²) >= 11 is 1.52. The minimum atomic E-state index is -0.260. The summed E-state index contributed by atoms with van der Waals surface area (Å²) in [5.41, 5.74) is 2.37. The zero-order chi connectivity index (χ0) is 19.9. The number of benzene rings is 2. The van der Waals surface area contributed by atoms with E-state index in [-0.39, 0.29) is 17.1 Å². The van der Waals surface area contributed by atoms with Gasteiger partial charge < -0.3 is 10.2 Å². The number of carbonyl (C=O) groups excluding carboxylic acids is 2. The van der Waals surface area contributed by atoms with E-state index < -0.39 is 0 Å². The summed E-state index contributed by atoms with van der Waals surface area (Å²) < 4.78 is 0. The zero-order valence-corrected chi connectivity index (χ0v) is 17.4. The van der Waals surface area contributed by atoms with Gasteiger partial charge in [0.05, 0.1) is 16.5 Å². The molecule has 148 valence electrons. The van der Waals surface area contributed by atoms with Crippen LogP contribution in [-0.2, 0) is 4.79 Å². The molecule has 2 aromatic rings. The van der Waals surface area contributed by atoms with Gasteiger partial charge in [-0.15, -0.1) is 11.8 Å². The van der Waals surface area contributed by atoms with Crippen LogP contribution in [0.5, 0.6) is 0 Å². The molecule has 0 unspecified atom stereocenters. The minimum absolute atomic E-state index is 0.0108. The molecule has 0 aromatic heterocycles. The number of hydrogen-bond acceptors (Lipinski definition) is 3. The van der Waals surface area contributed by atoms with Crippen molar-refractivity contribution in [2.45, 2.75) is 49.7 Å². The molecule has 4 nitrogen and oxygen atoms in total. The van der Waals surface area contributed by atoms with Crippen molar-refractivity contribution < 1.29 is 9.59 Å². The number of amides is 2. The Kier molecular flexibility index (Phi) is 7.15. The molecule has 0 spiro atoms. The smallest absolute Gasteiger partial charge is 0.255 e. The molecule has 1 aliphatic rings. The number of nitrogens with one attached hydrogen (secondary N) is 1. The van der Waals surface area contributed by atoms with Crippen LogP contribution in [0, 0.1) is 6.92 Å². The van der Waals surface area contributed by atoms with E-state index in [4.69, 9.17) is 0 Å². The molecule has 1 atom stereocenters. The maximum atomic E-state index is 13.0. The lowest BCUT2D eigenvalue weighted by Crippen LogP contribution is -2.33. The minimum Gasteiger partial charge on any atom is -0.339 e. The van der Waals surface area contributed by atoms with E-state index in [2.05, 4.69) is 5.32 Å². The summed E-state index contributed by atoms with van der Waals surface area (Å²) in [6, 6.07) is 15.5. The molecule has 28 heavy (non-hydrogen) atoms. The summed E-state index contributed by atoms with van der Waals surface area (Å²) in [4.78, 5) is 28.7. The number of rotatable bonds is 5. The van der Waals surface area contributed by atoms with E-state index in [1.165, 1.54) is 30.2 Å². The highest BCUT2D eigenvalue weighted by molar-refractivity contribution is 8.00. The summed E-state index contributed by atoms with van der Waals surface area (Å²) in [5.74, 6) is -0.0849. The van der Waals surface area contributed by atoms with Crippen LogP contribution in [0.3, 0.4) is 0 Å². The molecule has 1 saturated heterocycles. The fourth-order valence-corrected chi connectivity index (χ4v) is 4.20. The molecule has 1 heterocycles. The van der Waals surface area contributed by atoms with Gasteiger partial charge in [-0.1, -0.05) is 42.7 Å². The number of nitrogens with zero attached hydrogens (tertiary/aromatic N) is 1. The van der Waals surface area contributed by atoms with Gasteiger partial charge >= 0.3 is 0 Å². The molecule has 0 bridgehead atoms. The number of para-hydroxylation sites is 1. The third-order valence-electron chi connectivity index (χ3n) is 5.01. The van der Waals surface area contributed by atoms with Crippen molar-refractivity contribution in [1.29, 1.82) is 0 Å². The van der Waals surface area contributed by atoms with Gasteiger partial charge in [-0.2, -0.15) is 0 Å². The van der Waals surface area contributed by atoms with Crippen molar-refractivity contribution in [3.63, 3.8) is 0 Å². The first-order valence-corrected chi connectivity index (χ1v) is 10.8. The number of anilines is 1. The van der Waals surface area contributed by atoms with Crippen LogP contribution >= 0.6 is 11.8 Å². The molecule has 3 rings (SSSR count). The van der Waals surface area contributed by atoms with Crippen molar-refractivity contribution >= 4 is 29.3 Å². The fraction of sp³-hybridized carbons (Fsp3) is 0.391. The van der Waals surface area contributed by atoms with E-state index in [0.717, 1.165) is 30.8 Å². The van der Waals surface area contributed by atoms with Crippen LogP contribution in [0.2, 0.25) is 0 Å². The van der Waals surface area contributed by atoms with Crippen LogP contribution in [-0.4, -0.2) is 35.1 Å². The second kappa shape index (κ2) is 9.78. The average molecular weight is 397 g/mol. The Balaban J connectivity index is 1.68. The van der Waals surface area contributed by atoms with Gasteiger partial charge in [-0.05, 0) is 51.0 Å². The Morgan fingerprint density at radius 3 is 2.29 bits per heavy atom. The summed E-state index contributed by atoms with van der Waals surface area (Å²) in [7, 11) is 0. The fourth-order valence-electron chi connectivity index (χ4n) is 3.33. The third kappa shape index (κ3) is 5.38. The third-order valence-corrected chi connectivity index (χ3v) is 6.12. The molecule has 2 amide bonds. The van der Waals surface area contributed by atoms with Crippen molar-refractivity contribution in [3.05, 3.63) is 59.7 Å². The predicted molar refractivity (Wildman–Crippen MR) is 116 cm³/mol. The first-order valence-electron chi connectivity index (χ1n) is 9.97. The van der Waals surface area contributed by atoms with E-state index in [1.54, 1.807) is 6.07 Å². The Hall–Kier alpha value is -2.27. The standard InChI is InChI=1S/C23H28N2O2S/c1-17-11-13-19(14-12-17)28-18(2)22(26)24-21-10-6-5-9-20(21)23(27)25-15-7-3-4-8-16-25/h5-6,9-14,18H,3-4,7-8,15-16H2,1-2H3,(H,24,26)/t18-/m1/s1. The van der Waals surface area contributed by atoms with Gasteiger partial charge in [-0.3, -0.25) is 9.59 Å². The first kappa shape index (κ1) is 20.5. The van der Waals surface area contributed by atoms with E-state index in [1.807, 2.05) is 61.2 Å². The average Bonchev–Trinajstić information content (AvgIpc) is 2.99. The Morgan fingerprint density at radius 2 is 1.61 bits per heavy atom. The molecule has 0 radical (unpaired) electrons. The summed E-state index contributed by atoms with van der Waals surface area (Å²) in [5, 5.41) is 2.71. The van der Waals surface area contributed by atoms with E-state index in [9.17, 15) is 9.59 Å². The monoisotopic (exact) mass is 396 g/mol. The van der Waals surface area contributed by atoms with Gasteiger partial charge in [0.1, 0.15) is 0 Å². The number of aryl methyl sites for hydroxylation is 1. The van der Waals surface area contributed by atoms with Gasteiger partial charge in [0.15, 0.2) is 0 Å². The Morgan fingerprint density at radius 1 is 0.964 bits per heavy atom. The van der Waals surface area contributed by atoms with Crippen LogP contribution in [0.15, 0.2) is 53.4 Å². The molecule has 0 saturated carbocycles. The second-order valence-electron chi connectivity index (χ2n) is 7.31. The quantitative estimate of drug-likeness (QED) is 0.713. The van der Waals surface area contributed by atoms with Crippen LogP contribution in [0.25, 0.3) is 0 Å². The Labute approximate surface area is 171 Å². The number of thioether (sulfide) groups is 1. The van der Waals surface area contributed by atoms with Gasteiger partial charge in [0, 0.05) is 18.0 Å². The maximum absolute atomic E-state index is 13.0. The van der Waals surface area contributed by atoms with Crippen molar-refractivity contribution in [2.75, 3.05) is 18.4 Å². The van der Waals surface area contributed by atoms with Crippen molar-refractivity contribution in [1.82, 2.24) is 4.90 Å². The van der Waals surface area contributed by atoms with Crippen molar-refractivity contribution in [2.24, 2.45) is 0 Å². The van der Waals surface area contributed by atoms with Crippen LogP contribution < -0.4 is 5.32 Å². The van der Waals surface area contributed by atoms with Gasteiger partial charge in [0.2, 0.25) is 5.91 Å². The first-order chi connectivity index (χ1) is 13.5. The zero-order valence-electron chi connectivity index (χ0n) is 16.6. The highest BCUT2D eigenvalue weighted by Gasteiger charge is 2.22. The molecule has 1 N–H and O–H groups in total. The predicted octanol–water partition coefficient (Wildman–Crippen LogP) is 5.13. The second-order valence-corrected chi connectivity index (χ2v) is 8.73. The van der Waals surface area contributed by atoms with Crippen LogP contribution in [0.1, 0.15) is 48.5 Å². The molecule has 1 fully saturated rings. The molecular weight excluding hydrogens is 368 g/mol. The number of hydrogen-bond donors (Lipinski definition) is 1. The van der Waals surface area contributed by atoms with Gasteiger partial charge in [-0.25, -0.2) is 0 Å². The molecule has 1 aliphatic heterocycles. The lowest BCUT2D eigenvalue weighted by Gasteiger charge is -2.22. The molecule has 0 aliphatic carbocycles. The van der Waals surface area contributed by atoms with E-state index in [0.29, 0.717) is 11.3 Å². The largest absolute Gasteiger partial charge is 0.339 e. The summed E-state index contributed by atoms with van der Waals surface area (Å²) in [6.45, 7) is 5.52. The molecule has 5 heteroatoms. The molecule has 2 aromatic carbocycles. The summed E-state index contributed by atoms with van der Waals surface area (Å²) in [6.07, 6.45) is 4.45. The van der Waals surface area contributed by atoms with Gasteiger partial charge in [0.25, 0.3) is 5.91 Å². The maximum Gasteiger partial charge on any atom is 0.255 e. The number of carbonyl (C=O) groups is 2. The highest BCUT2D eigenvalue weighted by atomic mass is 32.2. The Bertz CT molecular complexity index is 812. The van der Waals surface area contributed by atoms with Crippen molar-refractivity contribution in [3.8, 4) is 0 Å².